The minimum Gasteiger partial charge on any atom is -0.271 e. The molecule has 0 aliphatic rings. The van der Waals surface area contributed by atoms with Crippen molar-refractivity contribution in [2.75, 3.05) is 0 Å². The lowest BCUT2D eigenvalue weighted by Gasteiger charge is -2.22. The lowest BCUT2D eigenvalue weighted by atomic mass is 9.93. The van der Waals surface area contributed by atoms with Crippen LogP contribution in [0.3, 0.4) is 0 Å². The lowest BCUT2D eigenvalue weighted by molar-refractivity contribution is 0.370. The molecule has 0 fully saturated rings. The van der Waals surface area contributed by atoms with Gasteiger partial charge in [0.15, 0.2) is 0 Å². The van der Waals surface area contributed by atoms with Gasteiger partial charge in [-0.25, -0.2) is 8.78 Å². The Labute approximate surface area is 88.4 Å². The van der Waals surface area contributed by atoms with E-state index in [2.05, 4.69) is 5.43 Å². The predicted octanol–water partition coefficient (Wildman–Crippen LogP) is 2.52. The van der Waals surface area contributed by atoms with Gasteiger partial charge in [0.05, 0.1) is 6.04 Å². The summed E-state index contributed by atoms with van der Waals surface area (Å²) in [6.45, 7) is 3.96. The fraction of sp³-hybridized carbons (Fsp3) is 0.455. The molecule has 0 saturated carbocycles. The number of halogens is 2. The summed E-state index contributed by atoms with van der Waals surface area (Å²) in [4.78, 5) is 0. The Bertz CT molecular complexity index is 328. The highest BCUT2D eigenvalue weighted by Crippen LogP contribution is 2.26. The van der Waals surface area contributed by atoms with Gasteiger partial charge in [0.25, 0.3) is 0 Å². The van der Waals surface area contributed by atoms with Crippen LogP contribution in [-0.2, 0) is 0 Å². The van der Waals surface area contributed by atoms with Crippen molar-refractivity contribution in [1.29, 1.82) is 0 Å². The molecule has 84 valence electrons. The molecule has 0 bridgehead atoms. The molecule has 1 aromatic carbocycles. The van der Waals surface area contributed by atoms with Crippen LogP contribution in [0.25, 0.3) is 0 Å². The van der Waals surface area contributed by atoms with E-state index in [1.165, 1.54) is 12.1 Å². The minimum absolute atomic E-state index is 0.190. The van der Waals surface area contributed by atoms with Crippen LogP contribution in [0.15, 0.2) is 18.2 Å². The van der Waals surface area contributed by atoms with Crippen LogP contribution in [0.2, 0.25) is 0 Å². The molecule has 0 radical (unpaired) electrons. The second-order valence-corrected chi connectivity index (χ2v) is 3.70. The molecule has 0 heterocycles. The van der Waals surface area contributed by atoms with Crippen molar-refractivity contribution in [2.45, 2.75) is 26.3 Å². The molecule has 0 amide bonds. The van der Waals surface area contributed by atoms with E-state index in [4.69, 9.17) is 5.84 Å². The third-order valence-electron chi connectivity index (χ3n) is 2.69. The van der Waals surface area contributed by atoms with Gasteiger partial charge in [0.2, 0.25) is 0 Å². The van der Waals surface area contributed by atoms with Crippen LogP contribution < -0.4 is 11.3 Å². The first-order valence-corrected chi connectivity index (χ1v) is 5.01. The average Bonchev–Trinajstić information content (AvgIpc) is 2.21. The van der Waals surface area contributed by atoms with Crippen molar-refractivity contribution in [1.82, 2.24) is 5.43 Å². The molecule has 2 atom stereocenters. The molecular formula is C11H16F2N2. The Kier molecular flexibility index (Phi) is 4.17. The largest absolute Gasteiger partial charge is 0.271 e. The molecule has 2 unspecified atom stereocenters. The normalized spacial score (nSPS) is 15.0. The van der Waals surface area contributed by atoms with Crippen LogP contribution in [0, 0.1) is 17.6 Å². The third-order valence-corrected chi connectivity index (χ3v) is 2.69. The summed E-state index contributed by atoms with van der Waals surface area (Å²) in [7, 11) is 0. The summed E-state index contributed by atoms with van der Waals surface area (Å²) < 4.78 is 26.2. The minimum atomic E-state index is -0.573. The fourth-order valence-electron chi connectivity index (χ4n) is 1.55. The first-order valence-electron chi connectivity index (χ1n) is 5.01. The van der Waals surface area contributed by atoms with Crippen molar-refractivity contribution < 1.29 is 8.78 Å². The Morgan fingerprint density at radius 2 is 2.07 bits per heavy atom. The molecule has 2 nitrogen and oxygen atoms in total. The predicted molar refractivity (Wildman–Crippen MR) is 55.9 cm³/mol. The molecule has 1 aromatic rings. The summed E-state index contributed by atoms with van der Waals surface area (Å²) in [6, 6.07) is 3.27. The Hall–Kier alpha value is -1.00. The van der Waals surface area contributed by atoms with E-state index >= 15 is 0 Å². The number of nitrogens with two attached hydrogens (primary N) is 1. The quantitative estimate of drug-likeness (QED) is 0.597. The second kappa shape index (κ2) is 5.19. The van der Waals surface area contributed by atoms with Gasteiger partial charge in [-0.2, -0.15) is 0 Å². The van der Waals surface area contributed by atoms with Crippen molar-refractivity contribution in [2.24, 2.45) is 11.8 Å². The van der Waals surface area contributed by atoms with Gasteiger partial charge in [0.1, 0.15) is 11.6 Å². The SMILES string of the molecule is CCC(C)C(NN)c1ccc(F)cc1F. The summed E-state index contributed by atoms with van der Waals surface area (Å²) in [6.07, 6.45) is 0.867. The van der Waals surface area contributed by atoms with E-state index in [9.17, 15) is 8.78 Å². The van der Waals surface area contributed by atoms with Crippen LogP contribution in [0.5, 0.6) is 0 Å². The highest BCUT2D eigenvalue weighted by molar-refractivity contribution is 5.22. The maximum Gasteiger partial charge on any atom is 0.130 e. The zero-order valence-corrected chi connectivity index (χ0v) is 8.93. The molecule has 0 aliphatic carbocycles. The molecule has 4 heteroatoms. The zero-order chi connectivity index (χ0) is 11.4. The number of hydrogen-bond acceptors (Lipinski definition) is 2. The first-order chi connectivity index (χ1) is 7.10. The molecule has 0 spiro atoms. The first kappa shape index (κ1) is 12.1. The average molecular weight is 214 g/mol. The van der Waals surface area contributed by atoms with Gasteiger partial charge in [-0.05, 0) is 12.0 Å². The van der Waals surface area contributed by atoms with Gasteiger partial charge >= 0.3 is 0 Å². The topological polar surface area (TPSA) is 38.0 Å². The highest BCUT2D eigenvalue weighted by atomic mass is 19.1. The Balaban J connectivity index is 3.01. The molecular weight excluding hydrogens is 198 g/mol. The van der Waals surface area contributed by atoms with E-state index < -0.39 is 11.6 Å². The van der Waals surface area contributed by atoms with Crippen molar-refractivity contribution in [3.05, 3.63) is 35.4 Å². The van der Waals surface area contributed by atoms with Crippen LogP contribution in [0.4, 0.5) is 8.78 Å². The molecule has 0 saturated heterocycles. The van der Waals surface area contributed by atoms with Crippen LogP contribution in [-0.4, -0.2) is 0 Å². The van der Waals surface area contributed by atoms with Gasteiger partial charge in [-0.3, -0.25) is 11.3 Å². The lowest BCUT2D eigenvalue weighted by Crippen LogP contribution is -2.33. The molecule has 1 rings (SSSR count). The van der Waals surface area contributed by atoms with E-state index in [-0.39, 0.29) is 12.0 Å². The summed E-state index contributed by atoms with van der Waals surface area (Å²) in [5, 5.41) is 0. The molecule has 0 aliphatic heterocycles. The molecule has 3 N–H and O–H groups in total. The monoisotopic (exact) mass is 214 g/mol. The van der Waals surface area contributed by atoms with Gasteiger partial charge in [-0.15, -0.1) is 0 Å². The number of rotatable bonds is 4. The van der Waals surface area contributed by atoms with Gasteiger partial charge in [0, 0.05) is 11.6 Å². The number of hydrogen-bond donors (Lipinski definition) is 2. The van der Waals surface area contributed by atoms with Crippen molar-refractivity contribution in [3.63, 3.8) is 0 Å². The van der Waals surface area contributed by atoms with Gasteiger partial charge in [-0.1, -0.05) is 26.3 Å². The summed E-state index contributed by atoms with van der Waals surface area (Å²) in [5.41, 5.74) is 2.98. The Morgan fingerprint density at radius 1 is 1.40 bits per heavy atom. The molecule has 15 heavy (non-hydrogen) atoms. The highest BCUT2D eigenvalue weighted by Gasteiger charge is 2.19. The Morgan fingerprint density at radius 3 is 2.53 bits per heavy atom. The molecule has 0 aromatic heterocycles. The van der Waals surface area contributed by atoms with Crippen LogP contribution in [0.1, 0.15) is 31.9 Å². The van der Waals surface area contributed by atoms with Gasteiger partial charge < -0.3 is 0 Å². The van der Waals surface area contributed by atoms with E-state index in [0.717, 1.165) is 12.5 Å². The standard InChI is InChI=1S/C11H16F2N2/c1-3-7(2)11(15-14)9-5-4-8(12)6-10(9)13/h4-7,11,15H,3,14H2,1-2H3. The number of benzene rings is 1. The summed E-state index contributed by atoms with van der Waals surface area (Å²) in [5.74, 6) is 4.44. The maximum absolute atomic E-state index is 13.4. The summed E-state index contributed by atoms with van der Waals surface area (Å²) >= 11 is 0. The van der Waals surface area contributed by atoms with Crippen molar-refractivity contribution >= 4 is 0 Å². The van der Waals surface area contributed by atoms with E-state index in [0.29, 0.717) is 5.56 Å². The maximum atomic E-state index is 13.4. The van der Waals surface area contributed by atoms with E-state index in [1.54, 1.807) is 0 Å². The smallest absolute Gasteiger partial charge is 0.130 e. The van der Waals surface area contributed by atoms with Crippen molar-refractivity contribution in [3.8, 4) is 0 Å². The number of hydrazine groups is 1. The van der Waals surface area contributed by atoms with Crippen LogP contribution >= 0.6 is 0 Å². The number of nitrogens with one attached hydrogen (secondary N) is 1. The second-order valence-electron chi connectivity index (χ2n) is 3.70. The third kappa shape index (κ3) is 2.73. The van der Waals surface area contributed by atoms with E-state index in [1.807, 2.05) is 13.8 Å². The zero-order valence-electron chi connectivity index (χ0n) is 8.93. The fourth-order valence-corrected chi connectivity index (χ4v) is 1.55.